The molecule has 0 aliphatic heterocycles. The van der Waals surface area contributed by atoms with Crippen LogP contribution in [0.3, 0.4) is 0 Å². The summed E-state index contributed by atoms with van der Waals surface area (Å²) in [6, 6.07) is 0. The highest BCUT2D eigenvalue weighted by Crippen LogP contribution is 2.06. The Bertz CT molecular complexity index is 302. The second kappa shape index (κ2) is 11.5. The molecule has 7 heteroatoms. The van der Waals surface area contributed by atoms with Crippen LogP contribution in [0.5, 0.6) is 0 Å². The summed E-state index contributed by atoms with van der Waals surface area (Å²) in [6.45, 7) is 3.82. The molecule has 0 spiro atoms. The third-order valence-corrected chi connectivity index (χ3v) is 2.55. The molecule has 0 unspecified atom stereocenters. The van der Waals surface area contributed by atoms with Crippen LogP contribution in [0.2, 0.25) is 0 Å². The molecule has 0 aromatic rings. The molecule has 0 saturated carbocycles. The normalized spacial score (nSPS) is 11.2. The summed E-state index contributed by atoms with van der Waals surface area (Å²) in [6.07, 6.45) is 1.12. The SMILES string of the molecule is CC(C)(CO)OCCOC(=O)CCCOC(=O)CCCO. The number of ether oxygens (including phenoxy) is 3. The van der Waals surface area contributed by atoms with Crippen LogP contribution in [-0.4, -0.2) is 60.8 Å². The number of hydrogen-bond donors (Lipinski definition) is 2. The summed E-state index contributed by atoms with van der Waals surface area (Å²) in [5.41, 5.74) is -0.644. The summed E-state index contributed by atoms with van der Waals surface area (Å²) in [7, 11) is 0. The van der Waals surface area contributed by atoms with Gasteiger partial charge in [0.1, 0.15) is 6.61 Å². The summed E-state index contributed by atoms with van der Waals surface area (Å²) >= 11 is 0. The van der Waals surface area contributed by atoms with Crippen molar-refractivity contribution in [1.82, 2.24) is 0 Å². The molecule has 0 rings (SSSR count). The monoisotopic (exact) mass is 306 g/mol. The van der Waals surface area contributed by atoms with Gasteiger partial charge in [-0.05, 0) is 26.7 Å². The van der Waals surface area contributed by atoms with Crippen molar-refractivity contribution in [2.75, 3.05) is 33.0 Å². The van der Waals surface area contributed by atoms with E-state index >= 15 is 0 Å². The van der Waals surface area contributed by atoms with Crippen LogP contribution in [0.4, 0.5) is 0 Å². The van der Waals surface area contributed by atoms with E-state index in [1.165, 1.54) is 0 Å². The zero-order valence-electron chi connectivity index (χ0n) is 12.8. The zero-order valence-corrected chi connectivity index (χ0v) is 12.8. The zero-order chi connectivity index (χ0) is 16.1. The molecule has 0 atom stereocenters. The predicted octanol–water partition coefficient (Wildman–Crippen LogP) is 0.413. The first-order valence-corrected chi connectivity index (χ1v) is 7.08. The van der Waals surface area contributed by atoms with Gasteiger partial charge in [0.2, 0.25) is 0 Å². The molecule has 21 heavy (non-hydrogen) atoms. The van der Waals surface area contributed by atoms with Gasteiger partial charge in [-0.3, -0.25) is 9.59 Å². The Kier molecular flexibility index (Phi) is 10.8. The van der Waals surface area contributed by atoms with E-state index < -0.39 is 5.60 Å². The van der Waals surface area contributed by atoms with E-state index in [9.17, 15) is 9.59 Å². The first kappa shape index (κ1) is 19.8. The van der Waals surface area contributed by atoms with Gasteiger partial charge in [-0.2, -0.15) is 0 Å². The molecule has 0 aliphatic rings. The maximum atomic E-state index is 11.4. The van der Waals surface area contributed by atoms with Crippen molar-refractivity contribution in [3.05, 3.63) is 0 Å². The molecule has 124 valence electrons. The highest BCUT2D eigenvalue weighted by Gasteiger charge is 2.16. The van der Waals surface area contributed by atoms with Gasteiger partial charge in [-0.1, -0.05) is 0 Å². The Morgan fingerprint density at radius 1 is 0.905 bits per heavy atom. The molecule has 2 N–H and O–H groups in total. The van der Waals surface area contributed by atoms with Crippen molar-refractivity contribution >= 4 is 11.9 Å². The van der Waals surface area contributed by atoms with Crippen molar-refractivity contribution in [1.29, 1.82) is 0 Å². The molecule has 0 fully saturated rings. The standard InChI is InChI=1S/C14H26O7/c1-14(2,11-16)21-10-9-20-13(18)6-4-8-19-12(17)5-3-7-15/h15-16H,3-11H2,1-2H3. The van der Waals surface area contributed by atoms with Crippen molar-refractivity contribution in [3.8, 4) is 0 Å². The molecule has 0 bridgehead atoms. The van der Waals surface area contributed by atoms with Crippen LogP contribution < -0.4 is 0 Å². The van der Waals surface area contributed by atoms with Crippen LogP contribution in [-0.2, 0) is 23.8 Å². The van der Waals surface area contributed by atoms with Gasteiger partial charge >= 0.3 is 11.9 Å². The van der Waals surface area contributed by atoms with Gasteiger partial charge in [0, 0.05) is 19.4 Å². The summed E-state index contributed by atoms with van der Waals surface area (Å²) in [5, 5.41) is 17.5. The number of rotatable bonds is 12. The third-order valence-electron chi connectivity index (χ3n) is 2.55. The number of aliphatic hydroxyl groups is 2. The fourth-order valence-corrected chi connectivity index (χ4v) is 1.29. The molecule has 0 radical (unpaired) electrons. The van der Waals surface area contributed by atoms with Crippen molar-refractivity contribution < 1.29 is 34.0 Å². The van der Waals surface area contributed by atoms with Crippen LogP contribution in [0.25, 0.3) is 0 Å². The average Bonchev–Trinajstić information content (AvgIpc) is 2.46. The minimum Gasteiger partial charge on any atom is -0.466 e. The molecule has 0 aromatic heterocycles. The Morgan fingerprint density at radius 3 is 2.05 bits per heavy atom. The molecule has 0 aromatic carbocycles. The second-order valence-corrected chi connectivity index (χ2v) is 5.14. The van der Waals surface area contributed by atoms with Crippen LogP contribution >= 0.6 is 0 Å². The Hall–Kier alpha value is -1.18. The van der Waals surface area contributed by atoms with E-state index in [-0.39, 0.29) is 57.8 Å². The van der Waals surface area contributed by atoms with Gasteiger partial charge in [-0.15, -0.1) is 0 Å². The molecule has 0 amide bonds. The molecule has 0 heterocycles. The largest absolute Gasteiger partial charge is 0.466 e. The fourth-order valence-electron chi connectivity index (χ4n) is 1.29. The van der Waals surface area contributed by atoms with Gasteiger partial charge < -0.3 is 24.4 Å². The number of carbonyl (C=O) groups excluding carboxylic acids is 2. The lowest BCUT2D eigenvalue weighted by Crippen LogP contribution is -2.30. The quantitative estimate of drug-likeness (QED) is 0.398. The van der Waals surface area contributed by atoms with Crippen LogP contribution in [0.1, 0.15) is 39.5 Å². The van der Waals surface area contributed by atoms with E-state index in [4.69, 9.17) is 24.4 Å². The number of aliphatic hydroxyl groups excluding tert-OH is 2. The maximum Gasteiger partial charge on any atom is 0.305 e. The molecule has 0 saturated heterocycles. The average molecular weight is 306 g/mol. The van der Waals surface area contributed by atoms with Gasteiger partial charge in [0.05, 0.1) is 25.4 Å². The first-order valence-electron chi connectivity index (χ1n) is 7.08. The van der Waals surface area contributed by atoms with E-state index in [2.05, 4.69) is 0 Å². The van der Waals surface area contributed by atoms with E-state index in [0.717, 1.165) is 0 Å². The summed E-state index contributed by atoms with van der Waals surface area (Å²) < 4.78 is 15.1. The smallest absolute Gasteiger partial charge is 0.305 e. The lowest BCUT2D eigenvalue weighted by atomic mass is 10.1. The molecule has 0 aliphatic carbocycles. The van der Waals surface area contributed by atoms with Crippen molar-refractivity contribution in [2.45, 2.75) is 45.1 Å². The predicted molar refractivity (Wildman–Crippen MR) is 74.6 cm³/mol. The van der Waals surface area contributed by atoms with Gasteiger partial charge in [-0.25, -0.2) is 0 Å². The van der Waals surface area contributed by atoms with Crippen LogP contribution in [0, 0.1) is 0 Å². The Morgan fingerprint density at radius 2 is 1.48 bits per heavy atom. The van der Waals surface area contributed by atoms with Crippen molar-refractivity contribution in [3.63, 3.8) is 0 Å². The van der Waals surface area contributed by atoms with E-state index in [1.54, 1.807) is 13.8 Å². The Balaban J connectivity index is 3.49. The lowest BCUT2D eigenvalue weighted by Gasteiger charge is -2.22. The molecule has 7 nitrogen and oxygen atoms in total. The summed E-state index contributed by atoms with van der Waals surface area (Å²) in [4.78, 5) is 22.4. The summed E-state index contributed by atoms with van der Waals surface area (Å²) in [5.74, 6) is -0.760. The highest BCUT2D eigenvalue weighted by molar-refractivity contribution is 5.70. The van der Waals surface area contributed by atoms with Gasteiger partial charge in [0.15, 0.2) is 0 Å². The minimum atomic E-state index is -0.644. The molecular weight excluding hydrogens is 280 g/mol. The Labute approximate surface area is 125 Å². The van der Waals surface area contributed by atoms with E-state index in [1.807, 2.05) is 0 Å². The first-order chi connectivity index (χ1) is 9.91. The number of carbonyl (C=O) groups is 2. The maximum absolute atomic E-state index is 11.4. The highest BCUT2D eigenvalue weighted by atomic mass is 16.6. The van der Waals surface area contributed by atoms with Crippen molar-refractivity contribution in [2.24, 2.45) is 0 Å². The number of hydrogen-bond acceptors (Lipinski definition) is 7. The van der Waals surface area contributed by atoms with E-state index in [0.29, 0.717) is 12.8 Å². The second-order valence-electron chi connectivity index (χ2n) is 5.14. The lowest BCUT2D eigenvalue weighted by molar-refractivity contribution is -0.150. The topological polar surface area (TPSA) is 102 Å². The van der Waals surface area contributed by atoms with Gasteiger partial charge in [0.25, 0.3) is 0 Å². The van der Waals surface area contributed by atoms with Crippen LogP contribution in [0.15, 0.2) is 0 Å². The third kappa shape index (κ3) is 12.3. The fraction of sp³-hybridized carbons (Fsp3) is 0.857. The number of esters is 2. The molecular formula is C14H26O7. The minimum absolute atomic E-state index is 0.0451.